The molecule has 1 aromatic heterocycles. The third-order valence-corrected chi connectivity index (χ3v) is 1.91. The average molecular weight is 220 g/mol. The summed E-state index contributed by atoms with van der Waals surface area (Å²) in [5.41, 5.74) is 5.26. The number of nitrogens with zero attached hydrogens (tertiary/aromatic N) is 2. The van der Waals surface area contributed by atoms with Crippen molar-refractivity contribution in [2.75, 3.05) is 0 Å². The summed E-state index contributed by atoms with van der Waals surface area (Å²) in [6.07, 6.45) is 7.49. The Morgan fingerprint density at radius 1 is 1.57 bits per heavy atom. The highest BCUT2D eigenvalue weighted by atomic mass is 35.5. The monoisotopic (exact) mass is 219 g/mol. The number of aromatic nitrogens is 2. The first kappa shape index (κ1) is 13.4. The summed E-state index contributed by atoms with van der Waals surface area (Å²) in [4.78, 5) is 0. The van der Waals surface area contributed by atoms with E-state index in [1.165, 1.54) is 12.8 Å². The molecule has 3 N–H and O–H groups in total. The van der Waals surface area contributed by atoms with Crippen molar-refractivity contribution in [3.8, 4) is 0 Å². The molecule has 0 bridgehead atoms. The van der Waals surface area contributed by atoms with Crippen molar-refractivity contribution in [2.45, 2.75) is 39.1 Å². The van der Waals surface area contributed by atoms with Crippen LogP contribution in [0.5, 0.6) is 0 Å². The summed E-state index contributed by atoms with van der Waals surface area (Å²) < 4.78 is 3.99. The van der Waals surface area contributed by atoms with Gasteiger partial charge in [-0.1, -0.05) is 13.3 Å². The van der Waals surface area contributed by atoms with Crippen molar-refractivity contribution in [2.24, 2.45) is 5.73 Å². The summed E-state index contributed by atoms with van der Waals surface area (Å²) in [6, 6.07) is 0. The minimum atomic E-state index is -0.771. The maximum Gasteiger partial charge on any atom is 0.243 e. The number of aliphatic hydroxyl groups is 1. The first-order chi connectivity index (χ1) is 6.22. The molecule has 0 saturated carbocycles. The molecular formula is C9H18ClN3O. The number of hydrogen-bond donors (Lipinski definition) is 2. The van der Waals surface area contributed by atoms with Gasteiger partial charge >= 0.3 is 0 Å². The fourth-order valence-corrected chi connectivity index (χ4v) is 1.24. The fourth-order valence-electron chi connectivity index (χ4n) is 1.24. The summed E-state index contributed by atoms with van der Waals surface area (Å²) in [5, 5.41) is 8.94. The number of aryl methyl sites for hydroxylation is 1. The van der Waals surface area contributed by atoms with Crippen molar-refractivity contribution in [1.29, 1.82) is 0 Å². The van der Waals surface area contributed by atoms with E-state index in [1.54, 1.807) is 0 Å². The van der Waals surface area contributed by atoms with Crippen LogP contribution in [-0.2, 0) is 13.1 Å². The van der Waals surface area contributed by atoms with E-state index in [9.17, 15) is 0 Å². The predicted molar refractivity (Wildman–Crippen MR) is 49.7 cm³/mol. The lowest BCUT2D eigenvalue weighted by Crippen LogP contribution is -3.00. The quantitative estimate of drug-likeness (QED) is 0.406. The first-order valence-corrected chi connectivity index (χ1v) is 4.71. The van der Waals surface area contributed by atoms with Crippen molar-refractivity contribution in [3.63, 3.8) is 0 Å². The number of hydrogen-bond acceptors (Lipinski definition) is 2. The molecule has 5 heteroatoms. The SMILES string of the molecule is CCCC[n+]1ccn(CC(N)O)c1.[Cl-]. The van der Waals surface area contributed by atoms with Crippen LogP contribution in [0.4, 0.5) is 0 Å². The van der Waals surface area contributed by atoms with Gasteiger partial charge in [-0.2, -0.15) is 0 Å². The predicted octanol–water partition coefficient (Wildman–Crippen LogP) is -3.14. The van der Waals surface area contributed by atoms with Crippen molar-refractivity contribution in [1.82, 2.24) is 4.57 Å². The highest BCUT2D eigenvalue weighted by Gasteiger charge is 2.05. The summed E-state index contributed by atoms with van der Waals surface area (Å²) in [7, 11) is 0. The second-order valence-corrected chi connectivity index (χ2v) is 3.27. The molecule has 0 amide bonds. The van der Waals surface area contributed by atoms with E-state index >= 15 is 0 Å². The molecule has 4 nitrogen and oxygen atoms in total. The molecule has 0 radical (unpaired) electrons. The van der Waals surface area contributed by atoms with Crippen LogP contribution >= 0.6 is 0 Å². The third-order valence-electron chi connectivity index (χ3n) is 1.91. The van der Waals surface area contributed by atoms with Crippen molar-refractivity contribution in [3.05, 3.63) is 18.7 Å². The molecular weight excluding hydrogens is 202 g/mol. The maximum absolute atomic E-state index is 8.94. The first-order valence-electron chi connectivity index (χ1n) is 4.71. The maximum atomic E-state index is 8.94. The minimum Gasteiger partial charge on any atom is -1.00 e. The van der Waals surface area contributed by atoms with E-state index in [-0.39, 0.29) is 12.4 Å². The lowest BCUT2D eigenvalue weighted by atomic mass is 10.3. The standard InChI is InChI=1S/C9H18N3O.ClH/c1-2-3-4-11-5-6-12(8-11)7-9(10)13;/h5-6,8-9,13H,2-4,7,10H2,1H3;1H/q+1;/p-1. The van der Waals surface area contributed by atoms with Gasteiger partial charge in [-0.3, -0.25) is 0 Å². The molecule has 1 aromatic rings. The highest BCUT2D eigenvalue weighted by Crippen LogP contribution is 1.89. The minimum absolute atomic E-state index is 0. The van der Waals surface area contributed by atoms with E-state index in [4.69, 9.17) is 10.8 Å². The Bertz CT molecular complexity index is 250. The van der Waals surface area contributed by atoms with E-state index < -0.39 is 6.23 Å². The second kappa shape index (κ2) is 6.81. The zero-order valence-corrected chi connectivity index (χ0v) is 9.19. The largest absolute Gasteiger partial charge is 1.00 e. The molecule has 14 heavy (non-hydrogen) atoms. The van der Waals surface area contributed by atoms with Gasteiger partial charge in [-0.15, -0.1) is 0 Å². The smallest absolute Gasteiger partial charge is 0.243 e. The molecule has 0 aliphatic heterocycles. The van der Waals surface area contributed by atoms with Crippen LogP contribution in [-0.4, -0.2) is 15.9 Å². The van der Waals surface area contributed by atoms with Crippen LogP contribution in [0, 0.1) is 0 Å². The Kier molecular flexibility index (Phi) is 6.53. The number of aliphatic hydroxyl groups excluding tert-OH is 1. The normalized spacial score (nSPS) is 12.2. The molecule has 0 aliphatic carbocycles. The molecule has 1 unspecified atom stereocenters. The molecule has 0 saturated heterocycles. The van der Waals surface area contributed by atoms with Gasteiger partial charge < -0.3 is 23.2 Å². The fraction of sp³-hybridized carbons (Fsp3) is 0.667. The average Bonchev–Trinajstić information content (AvgIpc) is 2.48. The Labute approximate surface area is 90.8 Å². The van der Waals surface area contributed by atoms with Crippen LogP contribution in [0.1, 0.15) is 19.8 Å². The summed E-state index contributed by atoms with van der Waals surface area (Å²) >= 11 is 0. The van der Waals surface area contributed by atoms with Crippen LogP contribution in [0.2, 0.25) is 0 Å². The molecule has 1 rings (SSSR count). The molecule has 1 heterocycles. The second-order valence-electron chi connectivity index (χ2n) is 3.27. The lowest BCUT2D eigenvalue weighted by Gasteiger charge is -1.98. The number of unbranched alkanes of at least 4 members (excludes halogenated alkanes) is 1. The summed E-state index contributed by atoms with van der Waals surface area (Å²) in [6.45, 7) is 3.66. The van der Waals surface area contributed by atoms with Gasteiger partial charge in [0.25, 0.3) is 0 Å². The van der Waals surface area contributed by atoms with E-state index in [1.807, 2.05) is 23.3 Å². The third kappa shape index (κ3) is 4.60. The van der Waals surface area contributed by atoms with Gasteiger partial charge in [0.15, 0.2) is 0 Å². The van der Waals surface area contributed by atoms with E-state index in [2.05, 4.69) is 11.5 Å². The van der Waals surface area contributed by atoms with E-state index in [0.717, 1.165) is 6.54 Å². The highest BCUT2D eigenvalue weighted by molar-refractivity contribution is 4.67. The lowest BCUT2D eigenvalue weighted by molar-refractivity contribution is -0.696. The Morgan fingerprint density at radius 2 is 2.29 bits per heavy atom. The summed E-state index contributed by atoms with van der Waals surface area (Å²) in [5.74, 6) is 0. The molecule has 1 atom stereocenters. The Balaban J connectivity index is 0.00000169. The molecule has 0 spiro atoms. The zero-order valence-electron chi connectivity index (χ0n) is 8.43. The van der Waals surface area contributed by atoms with Crippen LogP contribution in [0.25, 0.3) is 0 Å². The van der Waals surface area contributed by atoms with Gasteiger partial charge in [-0.05, 0) is 6.42 Å². The van der Waals surface area contributed by atoms with Crippen molar-refractivity contribution >= 4 is 0 Å². The zero-order chi connectivity index (χ0) is 9.68. The van der Waals surface area contributed by atoms with E-state index in [0.29, 0.717) is 6.54 Å². The van der Waals surface area contributed by atoms with Crippen LogP contribution < -0.4 is 22.7 Å². The van der Waals surface area contributed by atoms with Crippen LogP contribution in [0.15, 0.2) is 18.7 Å². The topological polar surface area (TPSA) is 55.1 Å². The van der Waals surface area contributed by atoms with Crippen molar-refractivity contribution < 1.29 is 22.1 Å². The van der Waals surface area contributed by atoms with Gasteiger partial charge in [0.1, 0.15) is 25.2 Å². The number of nitrogens with two attached hydrogens (primary N) is 1. The molecule has 0 aromatic carbocycles. The van der Waals surface area contributed by atoms with Gasteiger partial charge in [0.05, 0.1) is 6.54 Å². The van der Waals surface area contributed by atoms with Gasteiger partial charge in [0.2, 0.25) is 6.33 Å². The van der Waals surface area contributed by atoms with Gasteiger partial charge in [-0.25, -0.2) is 9.13 Å². The Hall–Kier alpha value is -0.580. The molecule has 0 fully saturated rings. The Morgan fingerprint density at radius 3 is 2.86 bits per heavy atom. The number of halogens is 1. The van der Waals surface area contributed by atoms with Gasteiger partial charge in [0, 0.05) is 0 Å². The number of imidazole rings is 1. The number of rotatable bonds is 5. The molecule has 82 valence electrons. The van der Waals surface area contributed by atoms with Crippen LogP contribution in [0.3, 0.4) is 0 Å². The molecule has 0 aliphatic rings.